The van der Waals surface area contributed by atoms with Gasteiger partial charge in [0, 0.05) is 0 Å². The minimum Gasteiger partial charge on any atom is -0.330 e. The van der Waals surface area contributed by atoms with E-state index in [0.717, 1.165) is 13.0 Å². The summed E-state index contributed by atoms with van der Waals surface area (Å²) in [6, 6.07) is 14.9. The van der Waals surface area contributed by atoms with Gasteiger partial charge in [0.1, 0.15) is 0 Å². The predicted molar refractivity (Wildman–Crippen MR) is 64.0 cm³/mol. The third-order valence-electron chi connectivity index (χ3n) is 2.25. The van der Waals surface area contributed by atoms with Crippen LogP contribution in [0.25, 0.3) is 10.8 Å². The van der Waals surface area contributed by atoms with Crippen molar-refractivity contribution in [2.75, 3.05) is 6.54 Å². The highest BCUT2D eigenvalue weighted by Crippen LogP contribution is 2.15. The Morgan fingerprint density at radius 2 is 1.64 bits per heavy atom. The van der Waals surface area contributed by atoms with E-state index in [9.17, 15) is 0 Å². The van der Waals surface area contributed by atoms with Crippen molar-refractivity contribution in [1.82, 2.24) is 0 Å². The highest BCUT2D eigenvalue weighted by molar-refractivity contribution is 5.85. The second-order valence-electron chi connectivity index (χ2n) is 3.22. The number of fused-ring (bicyclic) bond motifs is 1. The Kier molecular flexibility index (Phi) is 3.93. The molecule has 2 heteroatoms. The van der Waals surface area contributed by atoms with Crippen LogP contribution < -0.4 is 5.73 Å². The molecule has 0 radical (unpaired) electrons. The molecule has 0 bridgehead atoms. The van der Waals surface area contributed by atoms with Crippen molar-refractivity contribution in [3.8, 4) is 0 Å². The Bertz CT molecular complexity index is 412. The second-order valence-corrected chi connectivity index (χ2v) is 3.22. The van der Waals surface area contributed by atoms with Crippen molar-refractivity contribution in [3.63, 3.8) is 0 Å². The van der Waals surface area contributed by atoms with E-state index < -0.39 is 0 Å². The van der Waals surface area contributed by atoms with E-state index in [0.29, 0.717) is 0 Å². The fourth-order valence-corrected chi connectivity index (χ4v) is 1.56. The van der Waals surface area contributed by atoms with Gasteiger partial charge in [0.15, 0.2) is 0 Å². The lowest BCUT2D eigenvalue weighted by Crippen LogP contribution is -2.02. The van der Waals surface area contributed by atoms with Gasteiger partial charge in [-0.1, -0.05) is 42.5 Å². The molecular formula is C12H14ClN. The molecule has 0 amide bonds. The van der Waals surface area contributed by atoms with Crippen LogP contribution in [0.15, 0.2) is 42.5 Å². The molecular weight excluding hydrogens is 194 g/mol. The molecule has 2 N–H and O–H groups in total. The van der Waals surface area contributed by atoms with E-state index in [1.807, 2.05) is 0 Å². The van der Waals surface area contributed by atoms with Gasteiger partial charge >= 0.3 is 0 Å². The molecule has 2 aromatic carbocycles. The summed E-state index contributed by atoms with van der Waals surface area (Å²) >= 11 is 0. The number of benzene rings is 2. The monoisotopic (exact) mass is 207 g/mol. The molecule has 0 aliphatic carbocycles. The Morgan fingerprint density at radius 1 is 0.929 bits per heavy atom. The summed E-state index contributed by atoms with van der Waals surface area (Å²) in [5, 5.41) is 2.59. The van der Waals surface area contributed by atoms with Crippen LogP contribution >= 0.6 is 12.4 Å². The minimum absolute atomic E-state index is 0. The number of hydrogen-bond acceptors (Lipinski definition) is 1. The fourth-order valence-electron chi connectivity index (χ4n) is 1.56. The maximum atomic E-state index is 5.50. The largest absolute Gasteiger partial charge is 0.330 e. The van der Waals surface area contributed by atoms with Crippen LogP contribution in [0.2, 0.25) is 0 Å². The van der Waals surface area contributed by atoms with Gasteiger partial charge < -0.3 is 5.73 Å². The quantitative estimate of drug-likeness (QED) is 0.805. The lowest BCUT2D eigenvalue weighted by atomic mass is 10.1. The first-order valence-corrected chi connectivity index (χ1v) is 4.58. The molecule has 2 aromatic rings. The SMILES string of the molecule is Cl.NCCc1ccc2ccccc2c1. The maximum Gasteiger partial charge on any atom is -0.00367 e. The normalized spacial score (nSPS) is 9.79. The summed E-state index contributed by atoms with van der Waals surface area (Å²) < 4.78 is 0. The molecule has 0 aliphatic rings. The Hall–Kier alpha value is -1.05. The van der Waals surface area contributed by atoms with Crippen molar-refractivity contribution in [3.05, 3.63) is 48.0 Å². The summed E-state index contributed by atoms with van der Waals surface area (Å²) in [7, 11) is 0. The minimum atomic E-state index is 0. The van der Waals surface area contributed by atoms with Crippen molar-refractivity contribution >= 4 is 23.2 Å². The van der Waals surface area contributed by atoms with Gasteiger partial charge in [0.2, 0.25) is 0 Å². The molecule has 0 atom stereocenters. The first-order valence-electron chi connectivity index (χ1n) is 4.58. The molecule has 0 saturated carbocycles. The summed E-state index contributed by atoms with van der Waals surface area (Å²) in [6.07, 6.45) is 0.963. The molecule has 0 aliphatic heterocycles. The Balaban J connectivity index is 0.000000980. The standard InChI is InChI=1S/C12H13N.ClH/c13-8-7-10-5-6-11-3-1-2-4-12(11)9-10;/h1-6,9H,7-8,13H2;1H. The molecule has 0 aromatic heterocycles. The summed E-state index contributed by atoms with van der Waals surface area (Å²) in [5.41, 5.74) is 6.83. The third kappa shape index (κ3) is 2.25. The molecule has 1 nitrogen and oxygen atoms in total. The van der Waals surface area contributed by atoms with Crippen LogP contribution in [0.5, 0.6) is 0 Å². The van der Waals surface area contributed by atoms with E-state index >= 15 is 0 Å². The van der Waals surface area contributed by atoms with Crippen molar-refractivity contribution in [2.24, 2.45) is 5.73 Å². The summed E-state index contributed by atoms with van der Waals surface area (Å²) in [6.45, 7) is 0.721. The molecule has 74 valence electrons. The predicted octanol–water partition coefficient (Wildman–Crippen LogP) is 2.76. The molecule has 2 rings (SSSR count). The van der Waals surface area contributed by atoms with Gasteiger partial charge in [-0.25, -0.2) is 0 Å². The topological polar surface area (TPSA) is 26.0 Å². The number of nitrogens with two attached hydrogens (primary N) is 1. The number of halogens is 1. The lowest BCUT2D eigenvalue weighted by molar-refractivity contribution is 0.971. The van der Waals surface area contributed by atoms with Gasteiger partial charge in [-0.15, -0.1) is 12.4 Å². The van der Waals surface area contributed by atoms with Gasteiger partial charge in [-0.2, -0.15) is 0 Å². The molecule has 14 heavy (non-hydrogen) atoms. The van der Waals surface area contributed by atoms with E-state index in [4.69, 9.17) is 5.73 Å². The maximum absolute atomic E-state index is 5.50. The first kappa shape index (κ1) is 11.0. The van der Waals surface area contributed by atoms with Crippen molar-refractivity contribution in [2.45, 2.75) is 6.42 Å². The molecule has 0 saturated heterocycles. The van der Waals surface area contributed by atoms with Gasteiger partial charge in [-0.05, 0) is 29.3 Å². The zero-order valence-electron chi connectivity index (χ0n) is 7.94. The summed E-state index contributed by atoms with van der Waals surface area (Å²) in [4.78, 5) is 0. The first-order chi connectivity index (χ1) is 6.40. The second kappa shape index (κ2) is 4.99. The fraction of sp³-hybridized carbons (Fsp3) is 0.167. The van der Waals surface area contributed by atoms with Crippen LogP contribution in [0.4, 0.5) is 0 Å². The van der Waals surface area contributed by atoms with Gasteiger partial charge in [-0.3, -0.25) is 0 Å². The Labute approximate surface area is 90.3 Å². The number of hydrogen-bond donors (Lipinski definition) is 1. The van der Waals surface area contributed by atoms with Crippen LogP contribution in [-0.4, -0.2) is 6.54 Å². The summed E-state index contributed by atoms with van der Waals surface area (Å²) in [5.74, 6) is 0. The van der Waals surface area contributed by atoms with E-state index in [1.54, 1.807) is 0 Å². The molecule has 0 spiro atoms. The average Bonchev–Trinajstić information content (AvgIpc) is 2.18. The molecule has 0 fully saturated rings. The highest BCUT2D eigenvalue weighted by atomic mass is 35.5. The number of rotatable bonds is 2. The zero-order valence-corrected chi connectivity index (χ0v) is 8.76. The van der Waals surface area contributed by atoms with E-state index in [-0.39, 0.29) is 12.4 Å². The van der Waals surface area contributed by atoms with Crippen LogP contribution in [0.3, 0.4) is 0 Å². The Morgan fingerprint density at radius 3 is 2.36 bits per heavy atom. The smallest absolute Gasteiger partial charge is 0.00367 e. The van der Waals surface area contributed by atoms with Crippen LogP contribution in [0.1, 0.15) is 5.56 Å². The molecule has 0 heterocycles. The molecule has 0 unspecified atom stereocenters. The zero-order chi connectivity index (χ0) is 9.10. The van der Waals surface area contributed by atoms with E-state index in [1.165, 1.54) is 16.3 Å². The van der Waals surface area contributed by atoms with E-state index in [2.05, 4.69) is 42.5 Å². The lowest BCUT2D eigenvalue weighted by Gasteiger charge is -2.01. The van der Waals surface area contributed by atoms with Crippen molar-refractivity contribution < 1.29 is 0 Å². The van der Waals surface area contributed by atoms with Crippen LogP contribution in [-0.2, 0) is 6.42 Å². The average molecular weight is 208 g/mol. The third-order valence-corrected chi connectivity index (χ3v) is 2.25. The van der Waals surface area contributed by atoms with Crippen molar-refractivity contribution in [1.29, 1.82) is 0 Å². The highest BCUT2D eigenvalue weighted by Gasteiger charge is 1.94. The van der Waals surface area contributed by atoms with Gasteiger partial charge in [0.25, 0.3) is 0 Å². The van der Waals surface area contributed by atoms with Crippen LogP contribution in [0, 0.1) is 0 Å². The van der Waals surface area contributed by atoms with Gasteiger partial charge in [0.05, 0.1) is 0 Å².